The van der Waals surface area contributed by atoms with Crippen molar-refractivity contribution in [3.63, 3.8) is 0 Å². The van der Waals surface area contributed by atoms with Crippen LogP contribution in [0.25, 0.3) is 0 Å². The van der Waals surface area contributed by atoms with Gasteiger partial charge >= 0.3 is 5.97 Å². The Morgan fingerprint density at radius 3 is 2.65 bits per heavy atom. The Labute approximate surface area is 122 Å². The standard InChI is InChI=1S/C12H15NO5S2/c1-4-6-19-7-5-13-20(16,17)11-9(3)18-8(2)10(11)12(14)15/h1,13H,5-7H2,2-3H3,(H,14,15). The maximum absolute atomic E-state index is 12.1. The van der Waals surface area contributed by atoms with Gasteiger partial charge in [-0.25, -0.2) is 17.9 Å². The number of carboxylic acids is 1. The number of nitrogens with one attached hydrogen (secondary N) is 1. The summed E-state index contributed by atoms with van der Waals surface area (Å²) in [7, 11) is -3.92. The summed E-state index contributed by atoms with van der Waals surface area (Å²) in [5, 5.41) is 9.09. The summed E-state index contributed by atoms with van der Waals surface area (Å²) in [5.41, 5.74) is -0.328. The summed E-state index contributed by atoms with van der Waals surface area (Å²) in [5.74, 6) is 2.21. The minimum atomic E-state index is -3.92. The third-order valence-corrected chi connectivity index (χ3v) is 4.89. The highest BCUT2D eigenvalue weighted by Gasteiger charge is 2.30. The molecular formula is C12H15NO5S2. The van der Waals surface area contributed by atoms with Crippen LogP contribution in [0.4, 0.5) is 0 Å². The number of rotatable bonds is 7. The van der Waals surface area contributed by atoms with Crippen molar-refractivity contribution in [1.82, 2.24) is 4.72 Å². The first-order chi connectivity index (χ1) is 9.31. The second-order valence-corrected chi connectivity index (χ2v) is 6.69. The first-order valence-corrected chi connectivity index (χ1v) is 8.29. The molecule has 0 saturated heterocycles. The van der Waals surface area contributed by atoms with Crippen LogP contribution in [0.2, 0.25) is 0 Å². The molecule has 2 N–H and O–H groups in total. The van der Waals surface area contributed by atoms with Gasteiger partial charge in [-0.2, -0.15) is 0 Å². The first-order valence-electron chi connectivity index (χ1n) is 5.65. The second kappa shape index (κ2) is 6.83. The topological polar surface area (TPSA) is 96.6 Å². The molecule has 0 bridgehead atoms. The Bertz CT molecular complexity index is 640. The molecule has 0 unspecified atom stereocenters. The molecule has 1 rings (SSSR count). The van der Waals surface area contributed by atoms with Crippen LogP contribution in [0, 0.1) is 26.2 Å². The zero-order chi connectivity index (χ0) is 15.3. The fourth-order valence-electron chi connectivity index (χ4n) is 1.69. The summed E-state index contributed by atoms with van der Waals surface area (Å²) in [6.45, 7) is 3.00. The monoisotopic (exact) mass is 317 g/mol. The SMILES string of the molecule is C#CCSCCNS(=O)(=O)c1c(C)oc(C)c1C(=O)O. The van der Waals surface area contributed by atoms with Gasteiger partial charge in [0.1, 0.15) is 22.0 Å². The van der Waals surface area contributed by atoms with E-state index < -0.39 is 16.0 Å². The average Bonchev–Trinajstić information content (AvgIpc) is 2.64. The van der Waals surface area contributed by atoms with E-state index >= 15 is 0 Å². The first kappa shape index (κ1) is 16.6. The normalized spacial score (nSPS) is 11.2. The molecule has 0 atom stereocenters. The van der Waals surface area contributed by atoms with Gasteiger partial charge in [0.2, 0.25) is 10.0 Å². The molecule has 0 aliphatic heterocycles. The number of hydrogen-bond donors (Lipinski definition) is 2. The Balaban J connectivity index is 2.94. The molecule has 110 valence electrons. The van der Waals surface area contributed by atoms with Gasteiger partial charge in [-0.05, 0) is 13.8 Å². The fourth-order valence-corrected chi connectivity index (χ4v) is 3.76. The molecule has 0 aliphatic carbocycles. The minimum Gasteiger partial charge on any atom is -0.478 e. The number of thioether (sulfide) groups is 1. The van der Waals surface area contributed by atoms with Crippen LogP contribution in [0.1, 0.15) is 21.9 Å². The molecule has 0 amide bonds. The predicted molar refractivity (Wildman–Crippen MR) is 76.5 cm³/mol. The van der Waals surface area contributed by atoms with E-state index in [4.69, 9.17) is 15.9 Å². The zero-order valence-electron chi connectivity index (χ0n) is 11.1. The lowest BCUT2D eigenvalue weighted by Gasteiger charge is -2.06. The fraction of sp³-hybridized carbons (Fsp3) is 0.417. The van der Waals surface area contributed by atoms with Gasteiger partial charge in [-0.15, -0.1) is 18.2 Å². The maximum Gasteiger partial charge on any atom is 0.340 e. The van der Waals surface area contributed by atoms with E-state index in [0.717, 1.165) is 0 Å². The van der Waals surface area contributed by atoms with Crippen LogP contribution in [0.15, 0.2) is 9.31 Å². The van der Waals surface area contributed by atoms with Crippen molar-refractivity contribution in [3.8, 4) is 12.3 Å². The molecule has 6 nitrogen and oxygen atoms in total. The average molecular weight is 317 g/mol. The predicted octanol–water partition coefficient (Wildman–Crippen LogP) is 1.24. The van der Waals surface area contributed by atoms with E-state index in [1.165, 1.54) is 25.6 Å². The molecule has 0 aromatic carbocycles. The molecule has 0 saturated carbocycles. The highest BCUT2D eigenvalue weighted by atomic mass is 32.2. The number of terminal acetylenes is 1. The number of sulfonamides is 1. The molecule has 0 aliphatic rings. The molecule has 0 spiro atoms. The van der Waals surface area contributed by atoms with Crippen LogP contribution >= 0.6 is 11.8 Å². The van der Waals surface area contributed by atoms with Gasteiger partial charge in [0.05, 0.1) is 5.75 Å². The van der Waals surface area contributed by atoms with Crippen molar-refractivity contribution in [1.29, 1.82) is 0 Å². The van der Waals surface area contributed by atoms with Crippen LogP contribution < -0.4 is 4.72 Å². The van der Waals surface area contributed by atoms with Gasteiger partial charge in [0, 0.05) is 12.3 Å². The molecule has 1 aromatic rings. The Morgan fingerprint density at radius 1 is 1.45 bits per heavy atom. The van der Waals surface area contributed by atoms with Crippen molar-refractivity contribution in [2.24, 2.45) is 0 Å². The number of aryl methyl sites for hydroxylation is 2. The third kappa shape index (κ3) is 3.79. The number of carboxylic acid groups (broad SMARTS) is 1. The Morgan fingerprint density at radius 2 is 2.10 bits per heavy atom. The summed E-state index contributed by atoms with van der Waals surface area (Å²) in [6, 6.07) is 0. The molecule has 1 aromatic heterocycles. The summed E-state index contributed by atoms with van der Waals surface area (Å²) >= 11 is 1.41. The van der Waals surface area contributed by atoms with Crippen LogP contribution in [0.5, 0.6) is 0 Å². The lowest BCUT2D eigenvalue weighted by Crippen LogP contribution is -2.27. The second-order valence-electron chi connectivity index (χ2n) is 3.88. The number of hydrogen-bond acceptors (Lipinski definition) is 5. The van der Waals surface area contributed by atoms with E-state index in [0.29, 0.717) is 11.5 Å². The largest absolute Gasteiger partial charge is 0.478 e. The lowest BCUT2D eigenvalue weighted by molar-refractivity contribution is 0.0691. The van der Waals surface area contributed by atoms with Gasteiger partial charge in [0.25, 0.3) is 0 Å². The molecule has 0 fully saturated rings. The number of furan rings is 1. The number of aromatic carboxylic acids is 1. The van der Waals surface area contributed by atoms with Crippen molar-refractivity contribution in [2.45, 2.75) is 18.7 Å². The molecule has 0 radical (unpaired) electrons. The summed E-state index contributed by atoms with van der Waals surface area (Å²) in [6.07, 6.45) is 5.08. The van der Waals surface area contributed by atoms with Gasteiger partial charge < -0.3 is 9.52 Å². The van der Waals surface area contributed by atoms with Crippen LogP contribution in [-0.4, -0.2) is 37.5 Å². The van der Waals surface area contributed by atoms with Gasteiger partial charge in [0.15, 0.2) is 0 Å². The third-order valence-electron chi connectivity index (χ3n) is 2.41. The van der Waals surface area contributed by atoms with E-state index in [1.807, 2.05) is 0 Å². The highest BCUT2D eigenvalue weighted by Crippen LogP contribution is 2.26. The smallest absolute Gasteiger partial charge is 0.340 e. The van der Waals surface area contributed by atoms with Gasteiger partial charge in [-0.3, -0.25) is 0 Å². The zero-order valence-corrected chi connectivity index (χ0v) is 12.7. The molecule has 20 heavy (non-hydrogen) atoms. The van der Waals surface area contributed by atoms with E-state index in [9.17, 15) is 13.2 Å². The Hall–Kier alpha value is -1.43. The van der Waals surface area contributed by atoms with Crippen molar-refractivity contribution in [3.05, 3.63) is 17.1 Å². The van der Waals surface area contributed by atoms with Crippen LogP contribution in [-0.2, 0) is 10.0 Å². The lowest BCUT2D eigenvalue weighted by atomic mass is 10.2. The molecule has 1 heterocycles. The van der Waals surface area contributed by atoms with E-state index in [2.05, 4.69) is 10.6 Å². The molecular weight excluding hydrogens is 302 g/mol. The molecule has 8 heteroatoms. The van der Waals surface area contributed by atoms with E-state index in [-0.39, 0.29) is 28.5 Å². The van der Waals surface area contributed by atoms with Crippen molar-refractivity contribution in [2.75, 3.05) is 18.1 Å². The maximum atomic E-state index is 12.1. The van der Waals surface area contributed by atoms with E-state index in [1.54, 1.807) is 0 Å². The minimum absolute atomic E-state index is 0.0590. The highest BCUT2D eigenvalue weighted by molar-refractivity contribution is 7.99. The number of carbonyl (C=O) groups is 1. The summed E-state index contributed by atoms with van der Waals surface area (Å²) in [4.78, 5) is 10.8. The van der Waals surface area contributed by atoms with Crippen molar-refractivity contribution < 1.29 is 22.7 Å². The van der Waals surface area contributed by atoms with Crippen LogP contribution in [0.3, 0.4) is 0 Å². The van der Waals surface area contributed by atoms with Gasteiger partial charge in [-0.1, -0.05) is 5.92 Å². The van der Waals surface area contributed by atoms with Crippen molar-refractivity contribution >= 4 is 27.8 Å². The summed E-state index contributed by atoms with van der Waals surface area (Å²) < 4.78 is 31.7. The quantitative estimate of drug-likeness (QED) is 0.580. The Kier molecular flexibility index (Phi) is 5.68.